The molecule has 1 atom stereocenters. The van der Waals surface area contributed by atoms with Gasteiger partial charge in [-0.05, 0) is 12.8 Å². The van der Waals surface area contributed by atoms with Crippen molar-refractivity contribution in [3.05, 3.63) is 0 Å². The second-order valence-electron chi connectivity index (χ2n) is 4.45. The van der Waals surface area contributed by atoms with Crippen LogP contribution in [0.2, 0.25) is 0 Å². The van der Waals surface area contributed by atoms with Gasteiger partial charge in [0.05, 0.1) is 6.54 Å². The maximum Gasteiger partial charge on any atom is 0.353 e. The maximum absolute atomic E-state index is 11.7. The molecule has 1 unspecified atom stereocenters. The number of aliphatic carboxylic acids is 1. The van der Waals surface area contributed by atoms with Crippen LogP contribution in [-0.4, -0.2) is 59.2 Å². The van der Waals surface area contributed by atoms with E-state index in [1.165, 1.54) is 0 Å². The first-order valence-corrected chi connectivity index (χ1v) is 6.09. The molecule has 0 spiro atoms. The quantitative estimate of drug-likeness (QED) is 0.677. The van der Waals surface area contributed by atoms with Gasteiger partial charge in [-0.3, -0.25) is 9.59 Å². The molecular weight excluding hydrogens is 254 g/mol. The van der Waals surface area contributed by atoms with Gasteiger partial charge in [0.1, 0.15) is 0 Å². The van der Waals surface area contributed by atoms with E-state index in [1.807, 2.05) is 0 Å². The lowest BCUT2D eigenvalue weighted by atomic mass is 10.2. The van der Waals surface area contributed by atoms with E-state index in [9.17, 15) is 14.4 Å². The fourth-order valence-corrected chi connectivity index (χ4v) is 2.00. The number of rotatable bonds is 4. The zero-order valence-electron chi connectivity index (χ0n) is 10.3. The Morgan fingerprint density at radius 3 is 2.63 bits per heavy atom. The van der Waals surface area contributed by atoms with E-state index in [-0.39, 0.29) is 24.6 Å². The van der Waals surface area contributed by atoms with E-state index in [4.69, 9.17) is 9.94 Å². The first-order valence-electron chi connectivity index (χ1n) is 6.09. The summed E-state index contributed by atoms with van der Waals surface area (Å²) in [4.78, 5) is 40.4. The average Bonchev–Trinajstić information content (AvgIpc) is 3.05. The molecule has 2 amide bonds. The minimum absolute atomic E-state index is 0.0843. The van der Waals surface area contributed by atoms with Crippen molar-refractivity contribution in [2.75, 3.05) is 19.6 Å². The number of hydrogen-bond donors (Lipinski definition) is 2. The van der Waals surface area contributed by atoms with Crippen LogP contribution in [-0.2, 0) is 19.2 Å². The lowest BCUT2D eigenvalue weighted by Crippen LogP contribution is -2.42. The highest BCUT2D eigenvalue weighted by Crippen LogP contribution is 2.11. The topological polar surface area (TPSA) is 108 Å². The van der Waals surface area contributed by atoms with Gasteiger partial charge < -0.3 is 20.2 Å². The van der Waals surface area contributed by atoms with E-state index in [2.05, 4.69) is 10.5 Å². The first kappa shape index (κ1) is 13.3. The summed E-state index contributed by atoms with van der Waals surface area (Å²) in [6, 6.07) is 0. The predicted molar refractivity (Wildman–Crippen MR) is 63.4 cm³/mol. The zero-order chi connectivity index (χ0) is 13.8. The average molecular weight is 269 g/mol. The summed E-state index contributed by atoms with van der Waals surface area (Å²) in [5.74, 6) is -1.86. The first-order chi connectivity index (χ1) is 9.08. The van der Waals surface area contributed by atoms with Crippen molar-refractivity contribution in [2.24, 2.45) is 5.16 Å². The number of carboxylic acids is 1. The van der Waals surface area contributed by atoms with Gasteiger partial charge in [0.2, 0.25) is 12.0 Å². The number of amides is 2. The standard InChI is InChI=1S/C11H15N3O5/c15-9(14-3-1-2-4-14)6-12-10(16)8-5-7(11(17)18)13-19-8/h8H,1-6H2,(H,12,16)(H,17,18). The summed E-state index contributed by atoms with van der Waals surface area (Å²) >= 11 is 0. The van der Waals surface area contributed by atoms with Crippen molar-refractivity contribution in [3.8, 4) is 0 Å². The molecule has 2 heterocycles. The fourth-order valence-electron chi connectivity index (χ4n) is 2.00. The van der Waals surface area contributed by atoms with Crippen molar-refractivity contribution < 1.29 is 24.3 Å². The molecule has 104 valence electrons. The summed E-state index contributed by atoms with van der Waals surface area (Å²) in [5.41, 5.74) is -0.189. The second-order valence-corrected chi connectivity index (χ2v) is 4.45. The Morgan fingerprint density at radius 2 is 2.05 bits per heavy atom. The largest absolute Gasteiger partial charge is 0.477 e. The third-order valence-corrected chi connectivity index (χ3v) is 3.08. The number of carbonyl (C=O) groups excluding carboxylic acids is 2. The summed E-state index contributed by atoms with van der Waals surface area (Å²) < 4.78 is 0. The number of likely N-dealkylation sites (tertiary alicyclic amines) is 1. The normalized spacial score (nSPS) is 21.8. The molecule has 0 radical (unpaired) electrons. The van der Waals surface area contributed by atoms with Gasteiger partial charge in [-0.25, -0.2) is 4.79 Å². The predicted octanol–water partition coefficient (Wildman–Crippen LogP) is -1.05. The van der Waals surface area contributed by atoms with Crippen molar-refractivity contribution in [1.29, 1.82) is 0 Å². The van der Waals surface area contributed by atoms with Crippen LogP contribution >= 0.6 is 0 Å². The molecule has 19 heavy (non-hydrogen) atoms. The van der Waals surface area contributed by atoms with Gasteiger partial charge in [0, 0.05) is 19.5 Å². The molecule has 1 saturated heterocycles. The van der Waals surface area contributed by atoms with Crippen molar-refractivity contribution in [1.82, 2.24) is 10.2 Å². The van der Waals surface area contributed by atoms with Crippen molar-refractivity contribution in [2.45, 2.75) is 25.4 Å². The highest BCUT2D eigenvalue weighted by Gasteiger charge is 2.31. The highest BCUT2D eigenvalue weighted by atomic mass is 16.6. The Morgan fingerprint density at radius 1 is 1.37 bits per heavy atom. The third-order valence-electron chi connectivity index (χ3n) is 3.08. The molecule has 2 aliphatic heterocycles. The highest BCUT2D eigenvalue weighted by molar-refractivity contribution is 6.36. The number of carbonyl (C=O) groups is 3. The second kappa shape index (κ2) is 5.68. The molecule has 2 rings (SSSR count). The van der Waals surface area contributed by atoms with Crippen molar-refractivity contribution in [3.63, 3.8) is 0 Å². The van der Waals surface area contributed by atoms with Gasteiger partial charge in [-0.15, -0.1) is 0 Å². The maximum atomic E-state index is 11.7. The lowest BCUT2D eigenvalue weighted by molar-refractivity contribution is -0.136. The van der Waals surface area contributed by atoms with Crippen LogP contribution in [0, 0.1) is 0 Å². The molecule has 0 aromatic carbocycles. The van der Waals surface area contributed by atoms with Gasteiger partial charge in [0.25, 0.3) is 5.91 Å². The minimum Gasteiger partial charge on any atom is -0.477 e. The molecule has 1 fully saturated rings. The monoisotopic (exact) mass is 269 g/mol. The van der Waals surface area contributed by atoms with E-state index >= 15 is 0 Å². The Balaban J connectivity index is 1.73. The van der Waals surface area contributed by atoms with E-state index in [1.54, 1.807) is 4.90 Å². The molecule has 2 N–H and O–H groups in total. The third kappa shape index (κ3) is 3.21. The minimum atomic E-state index is -1.21. The number of nitrogens with zero attached hydrogens (tertiary/aromatic N) is 2. The molecule has 0 bridgehead atoms. The van der Waals surface area contributed by atoms with Crippen LogP contribution in [0.5, 0.6) is 0 Å². The van der Waals surface area contributed by atoms with Crippen LogP contribution in [0.15, 0.2) is 5.16 Å². The van der Waals surface area contributed by atoms with Crippen LogP contribution in [0.25, 0.3) is 0 Å². The molecule has 0 aromatic rings. The van der Waals surface area contributed by atoms with Crippen LogP contribution in [0.3, 0.4) is 0 Å². The Hall–Kier alpha value is -2.12. The van der Waals surface area contributed by atoms with E-state index < -0.39 is 18.0 Å². The molecular formula is C11H15N3O5. The number of hydrogen-bond acceptors (Lipinski definition) is 5. The smallest absolute Gasteiger partial charge is 0.353 e. The molecule has 0 aliphatic carbocycles. The van der Waals surface area contributed by atoms with Gasteiger partial charge >= 0.3 is 5.97 Å². The summed E-state index contributed by atoms with van der Waals surface area (Å²) in [6.07, 6.45) is 0.930. The number of nitrogens with one attached hydrogen (secondary N) is 1. The molecule has 0 saturated carbocycles. The Bertz CT molecular complexity index is 428. The van der Waals surface area contributed by atoms with Gasteiger partial charge in [-0.2, -0.15) is 0 Å². The molecule has 8 heteroatoms. The van der Waals surface area contributed by atoms with E-state index in [0.717, 1.165) is 25.9 Å². The van der Waals surface area contributed by atoms with Crippen molar-refractivity contribution >= 4 is 23.5 Å². The van der Waals surface area contributed by atoms with Crippen LogP contribution < -0.4 is 5.32 Å². The lowest BCUT2D eigenvalue weighted by Gasteiger charge is -2.16. The number of oxime groups is 1. The van der Waals surface area contributed by atoms with Crippen LogP contribution in [0.1, 0.15) is 19.3 Å². The molecule has 2 aliphatic rings. The molecule has 0 aromatic heterocycles. The van der Waals surface area contributed by atoms with Crippen LogP contribution in [0.4, 0.5) is 0 Å². The van der Waals surface area contributed by atoms with Gasteiger partial charge in [0.15, 0.2) is 5.71 Å². The summed E-state index contributed by atoms with van der Waals surface area (Å²) in [7, 11) is 0. The summed E-state index contributed by atoms with van der Waals surface area (Å²) in [5, 5.41) is 14.4. The van der Waals surface area contributed by atoms with E-state index in [0.29, 0.717) is 0 Å². The Kier molecular flexibility index (Phi) is 3.98. The Labute approximate surface area is 109 Å². The number of carboxylic acid groups (broad SMARTS) is 1. The SMILES string of the molecule is O=C(O)C1=NOC(C(=O)NCC(=O)N2CCCC2)C1. The zero-order valence-corrected chi connectivity index (χ0v) is 10.3. The van der Waals surface area contributed by atoms with Gasteiger partial charge in [-0.1, -0.05) is 5.16 Å². The fraction of sp³-hybridized carbons (Fsp3) is 0.636. The molecule has 8 nitrogen and oxygen atoms in total. The summed E-state index contributed by atoms with van der Waals surface area (Å²) in [6.45, 7) is 1.35.